The Morgan fingerprint density at radius 2 is 1.92 bits per heavy atom. The van der Waals surface area contributed by atoms with E-state index in [9.17, 15) is 14.0 Å². The molecular weight excluding hydrogens is 309 g/mol. The Hall–Kier alpha value is -1.95. The van der Waals surface area contributed by atoms with Gasteiger partial charge in [-0.1, -0.05) is 6.07 Å². The van der Waals surface area contributed by atoms with E-state index in [1.807, 2.05) is 0 Å². The molecule has 0 radical (unpaired) electrons. The lowest BCUT2D eigenvalue weighted by Gasteiger charge is -2.22. The summed E-state index contributed by atoms with van der Waals surface area (Å²) in [5.41, 5.74) is 0.794. The number of hydrogen-bond acceptors (Lipinski definition) is 3. The van der Waals surface area contributed by atoms with Crippen molar-refractivity contribution in [2.45, 2.75) is 32.6 Å². The van der Waals surface area contributed by atoms with E-state index in [0.29, 0.717) is 31.0 Å². The number of rotatable bonds is 7. The molecule has 1 aliphatic rings. The summed E-state index contributed by atoms with van der Waals surface area (Å²) in [6.45, 7) is 4.44. The quantitative estimate of drug-likeness (QED) is 0.665. The Morgan fingerprint density at radius 3 is 2.62 bits per heavy atom. The molecule has 0 atom stereocenters. The molecule has 2 amide bonds. The van der Waals surface area contributed by atoms with E-state index in [2.05, 4.69) is 16.0 Å². The molecule has 0 spiro atoms. The van der Waals surface area contributed by atoms with Crippen LogP contribution in [0.1, 0.15) is 41.6 Å². The second-order valence-corrected chi connectivity index (χ2v) is 6.30. The van der Waals surface area contributed by atoms with Crippen LogP contribution in [0.25, 0.3) is 0 Å². The zero-order valence-corrected chi connectivity index (χ0v) is 14.2. The average molecular weight is 335 g/mol. The molecule has 0 aromatic heterocycles. The molecule has 0 unspecified atom stereocenters. The molecule has 0 bridgehead atoms. The van der Waals surface area contributed by atoms with Crippen LogP contribution in [0.5, 0.6) is 0 Å². The number of halogens is 1. The fraction of sp³-hybridized carbons (Fsp3) is 0.556. The molecule has 1 heterocycles. The number of aryl methyl sites for hydroxylation is 1. The van der Waals surface area contributed by atoms with Gasteiger partial charge in [-0.05, 0) is 62.9 Å². The summed E-state index contributed by atoms with van der Waals surface area (Å²) in [6.07, 6.45) is 3.72. The van der Waals surface area contributed by atoms with Gasteiger partial charge in [-0.15, -0.1) is 0 Å². The van der Waals surface area contributed by atoms with Gasteiger partial charge in [0.15, 0.2) is 0 Å². The maximum atomic E-state index is 13.4. The molecule has 3 N–H and O–H groups in total. The molecule has 24 heavy (non-hydrogen) atoms. The second kappa shape index (κ2) is 9.37. The highest BCUT2D eigenvalue weighted by molar-refractivity contribution is 5.94. The van der Waals surface area contributed by atoms with Crippen molar-refractivity contribution in [3.05, 3.63) is 35.1 Å². The summed E-state index contributed by atoms with van der Waals surface area (Å²) in [5, 5.41) is 8.79. The van der Waals surface area contributed by atoms with Gasteiger partial charge >= 0.3 is 0 Å². The molecule has 1 aromatic rings. The Kier molecular flexibility index (Phi) is 7.18. The van der Waals surface area contributed by atoms with Crippen molar-refractivity contribution >= 4 is 11.8 Å². The van der Waals surface area contributed by atoms with Crippen molar-refractivity contribution in [3.8, 4) is 0 Å². The van der Waals surface area contributed by atoms with Gasteiger partial charge in [0, 0.05) is 25.1 Å². The van der Waals surface area contributed by atoms with E-state index in [-0.39, 0.29) is 17.4 Å². The van der Waals surface area contributed by atoms with Gasteiger partial charge in [-0.25, -0.2) is 4.39 Å². The Morgan fingerprint density at radius 1 is 1.21 bits per heavy atom. The third kappa shape index (κ3) is 5.92. The number of hydrogen-bond donors (Lipinski definition) is 3. The molecular formula is C18H26FN3O2. The Labute approximate surface area is 142 Å². The van der Waals surface area contributed by atoms with E-state index in [4.69, 9.17) is 0 Å². The number of benzene rings is 1. The predicted octanol–water partition coefficient (Wildman–Crippen LogP) is 1.76. The maximum absolute atomic E-state index is 13.4. The van der Waals surface area contributed by atoms with Crippen molar-refractivity contribution in [1.29, 1.82) is 0 Å². The first-order valence-electron chi connectivity index (χ1n) is 8.58. The van der Waals surface area contributed by atoms with Crippen molar-refractivity contribution in [1.82, 2.24) is 16.0 Å². The van der Waals surface area contributed by atoms with Crippen LogP contribution in [0.4, 0.5) is 4.39 Å². The first kappa shape index (κ1) is 18.4. The summed E-state index contributed by atoms with van der Waals surface area (Å²) in [7, 11) is 0. The summed E-state index contributed by atoms with van der Waals surface area (Å²) in [5.74, 6) is -0.0796. The minimum atomic E-state index is -0.395. The van der Waals surface area contributed by atoms with Crippen LogP contribution in [-0.2, 0) is 4.79 Å². The van der Waals surface area contributed by atoms with Gasteiger partial charge in [0.2, 0.25) is 5.91 Å². The minimum Gasteiger partial charge on any atom is -0.354 e. The second-order valence-electron chi connectivity index (χ2n) is 6.30. The molecule has 6 heteroatoms. The monoisotopic (exact) mass is 335 g/mol. The Bertz CT molecular complexity index is 571. The number of carbonyl (C=O) groups excluding carboxylic acids is 2. The fourth-order valence-electron chi connectivity index (χ4n) is 2.81. The Balaban J connectivity index is 1.60. The summed E-state index contributed by atoms with van der Waals surface area (Å²) >= 11 is 0. The molecule has 1 aliphatic heterocycles. The van der Waals surface area contributed by atoms with Crippen molar-refractivity contribution < 1.29 is 14.0 Å². The third-order valence-corrected chi connectivity index (χ3v) is 4.41. The minimum absolute atomic E-state index is 0.0177. The zero-order valence-electron chi connectivity index (χ0n) is 14.2. The van der Waals surface area contributed by atoms with Gasteiger partial charge in [0.1, 0.15) is 5.82 Å². The molecule has 1 aromatic carbocycles. The molecule has 0 saturated carbocycles. The van der Waals surface area contributed by atoms with Crippen LogP contribution in [0, 0.1) is 18.7 Å². The van der Waals surface area contributed by atoms with E-state index >= 15 is 0 Å². The van der Waals surface area contributed by atoms with Gasteiger partial charge in [-0.2, -0.15) is 0 Å². The van der Waals surface area contributed by atoms with E-state index < -0.39 is 5.82 Å². The topological polar surface area (TPSA) is 70.2 Å². The standard InChI is InChI=1S/C18H26FN3O2/c1-13-2-4-15(12-16(13)19)18(24)22-11-10-21-17(23)5-3-14-6-8-20-9-7-14/h2,4,12,14,20H,3,5-11H2,1H3,(H,21,23)(H,22,24). The van der Waals surface area contributed by atoms with Gasteiger partial charge in [-0.3, -0.25) is 9.59 Å². The molecule has 0 aliphatic carbocycles. The van der Waals surface area contributed by atoms with Crippen LogP contribution < -0.4 is 16.0 Å². The van der Waals surface area contributed by atoms with Gasteiger partial charge in [0.25, 0.3) is 5.91 Å². The van der Waals surface area contributed by atoms with Crippen molar-refractivity contribution in [3.63, 3.8) is 0 Å². The number of amides is 2. The normalized spacial score (nSPS) is 15.1. The smallest absolute Gasteiger partial charge is 0.251 e. The van der Waals surface area contributed by atoms with Crippen LogP contribution in [0.3, 0.4) is 0 Å². The number of piperidine rings is 1. The fourth-order valence-corrected chi connectivity index (χ4v) is 2.81. The molecule has 132 valence electrons. The molecule has 1 fully saturated rings. The lowest BCUT2D eigenvalue weighted by atomic mass is 9.93. The maximum Gasteiger partial charge on any atom is 0.251 e. The van der Waals surface area contributed by atoms with Gasteiger partial charge in [0.05, 0.1) is 0 Å². The highest BCUT2D eigenvalue weighted by Gasteiger charge is 2.14. The summed E-state index contributed by atoms with van der Waals surface area (Å²) < 4.78 is 13.4. The van der Waals surface area contributed by atoms with E-state index in [1.54, 1.807) is 19.1 Å². The molecule has 1 saturated heterocycles. The van der Waals surface area contributed by atoms with Crippen molar-refractivity contribution in [2.75, 3.05) is 26.2 Å². The van der Waals surface area contributed by atoms with Crippen LogP contribution >= 0.6 is 0 Å². The molecule has 2 rings (SSSR count). The van der Waals surface area contributed by atoms with Crippen LogP contribution in [0.15, 0.2) is 18.2 Å². The van der Waals surface area contributed by atoms with E-state index in [1.165, 1.54) is 6.07 Å². The lowest BCUT2D eigenvalue weighted by molar-refractivity contribution is -0.121. The highest BCUT2D eigenvalue weighted by atomic mass is 19.1. The summed E-state index contributed by atoms with van der Waals surface area (Å²) in [6, 6.07) is 4.39. The lowest BCUT2D eigenvalue weighted by Crippen LogP contribution is -2.35. The SMILES string of the molecule is Cc1ccc(C(=O)NCCNC(=O)CCC2CCNCC2)cc1F. The van der Waals surface area contributed by atoms with E-state index in [0.717, 1.165) is 32.4 Å². The first-order valence-corrected chi connectivity index (χ1v) is 8.58. The summed E-state index contributed by atoms with van der Waals surface area (Å²) in [4.78, 5) is 23.7. The van der Waals surface area contributed by atoms with Crippen LogP contribution in [0.2, 0.25) is 0 Å². The number of carbonyl (C=O) groups is 2. The molecule has 5 nitrogen and oxygen atoms in total. The zero-order chi connectivity index (χ0) is 17.4. The largest absolute Gasteiger partial charge is 0.354 e. The highest BCUT2D eigenvalue weighted by Crippen LogP contribution is 2.17. The van der Waals surface area contributed by atoms with Crippen molar-refractivity contribution in [2.24, 2.45) is 5.92 Å². The third-order valence-electron chi connectivity index (χ3n) is 4.41. The van der Waals surface area contributed by atoms with Gasteiger partial charge < -0.3 is 16.0 Å². The average Bonchev–Trinajstić information content (AvgIpc) is 2.60. The number of nitrogens with one attached hydrogen (secondary N) is 3. The van der Waals surface area contributed by atoms with Crippen LogP contribution in [-0.4, -0.2) is 38.0 Å². The first-order chi connectivity index (χ1) is 11.6. The predicted molar refractivity (Wildman–Crippen MR) is 91.3 cm³/mol.